The predicted octanol–water partition coefficient (Wildman–Crippen LogP) is 5.64. The lowest BCUT2D eigenvalue weighted by Gasteiger charge is -2.15. The smallest absolute Gasteiger partial charge is 0.285 e. The quantitative estimate of drug-likeness (QED) is 0.297. The van der Waals surface area contributed by atoms with Crippen LogP contribution in [0.3, 0.4) is 0 Å². The molecule has 1 aliphatic rings. The number of rotatable bonds is 7. The van der Waals surface area contributed by atoms with Gasteiger partial charge in [0, 0.05) is 0 Å². The molecule has 2 heterocycles. The monoisotopic (exact) mass is 560 g/mol. The number of amides is 2. The fourth-order valence-electron chi connectivity index (χ4n) is 2.97. The van der Waals surface area contributed by atoms with Crippen molar-refractivity contribution >= 4 is 73.5 Å². The Morgan fingerprint density at radius 1 is 1.21 bits per heavy atom. The van der Waals surface area contributed by atoms with Gasteiger partial charge >= 0.3 is 0 Å². The van der Waals surface area contributed by atoms with Gasteiger partial charge in [0.05, 0.1) is 21.4 Å². The second-order valence-electron chi connectivity index (χ2n) is 6.74. The van der Waals surface area contributed by atoms with Crippen molar-refractivity contribution in [1.29, 1.82) is 0 Å². The summed E-state index contributed by atoms with van der Waals surface area (Å²) in [6.45, 7) is 0.387. The van der Waals surface area contributed by atoms with Crippen LogP contribution in [0, 0.1) is 0 Å². The molecule has 1 aromatic heterocycles. The third-order valence-electron chi connectivity index (χ3n) is 4.53. The predicted molar refractivity (Wildman–Crippen MR) is 138 cm³/mol. The first-order valence-corrected chi connectivity index (χ1v) is 12.5. The Labute approximate surface area is 212 Å². The Morgan fingerprint density at radius 3 is 2.70 bits per heavy atom. The van der Waals surface area contributed by atoms with Gasteiger partial charge in [-0.2, -0.15) is 5.01 Å². The van der Waals surface area contributed by atoms with E-state index >= 15 is 0 Å². The second kappa shape index (κ2) is 10.5. The maximum absolute atomic E-state index is 12.9. The summed E-state index contributed by atoms with van der Waals surface area (Å²) in [6, 6.07) is 16.9. The number of hydrogen-bond acceptors (Lipinski definition) is 7. The van der Waals surface area contributed by atoms with Gasteiger partial charge in [0.15, 0.2) is 15.8 Å². The van der Waals surface area contributed by atoms with Gasteiger partial charge in [-0.3, -0.25) is 15.0 Å². The maximum Gasteiger partial charge on any atom is 0.285 e. The molecule has 0 radical (unpaired) electrons. The molecule has 0 unspecified atom stereocenters. The molecule has 6 nitrogen and oxygen atoms in total. The van der Waals surface area contributed by atoms with Gasteiger partial charge in [0.1, 0.15) is 6.61 Å². The number of methoxy groups -OCH3 is 1. The van der Waals surface area contributed by atoms with Crippen molar-refractivity contribution < 1.29 is 19.1 Å². The highest BCUT2D eigenvalue weighted by atomic mass is 79.9. The van der Waals surface area contributed by atoms with E-state index < -0.39 is 5.91 Å². The van der Waals surface area contributed by atoms with Gasteiger partial charge in [-0.1, -0.05) is 48.2 Å². The van der Waals surface area contributed by atoms with E-state index in [1.54, 1.807) is 36.8 Å². The van der Waals surface area contributed by atoms with Crippen LogP contribution in [0.2, 0.25) is 0 Å². The van der Waals surface area contributed by atoms with Crippen LogP contribution in [0.5, 0.6) is 11.5 Å². The van der Waals surface area contributed by atoms with Crippen LogP contribution in [-0.4, -0.2) is 28.3 Å². The molecule has 0 bridgehead atoms. The Morgan fingerprint density at radius 2 is 2.00 bits per heavy atom. The molecule has 3 aromatic rings. The molecule has 10 heteroatoms. The molecule has 1 aliphatic heterocycles. The Hall–Kier alpha value is -2.66. The van der Waals surface area contributed by atoms with E-state index in [0.29, 0.717) is 32.4 Å². The molecule has 2 amide bonds. The number of hydrogen-bond donors (Lipinski definition) is 1. The first-order valence-electron chi connectivity index (χ1n) is 9.63. The van der Waals surface area contributed by atoms with Crippen LogP contribution in [0.4, 0.5) is 0 Å². The largest absolute Gasteiger partial charge is 0.493 e. The average molecular weight is 562 g/mol. The van der Waals surface area contributed by atoms with Crippen LogP contribution in [0.25, 0.3) is 6.08 Å². The zero-order valence-corrected chi connectivity index (χ0v) is 21.3. The van der Waals surface area contributed by atoms with Gasteiger partial charge < -0.3 is 9.47 Å². The highest BCUT2D eigenvalue weighted by Gasteiger charge is 2.34. The molecule has 0 saturated carbocycles. The number of ether oxygens (including phenoxy) is 2. The number of benzene rings is 2. The number of hydrazine groups is 1. The molecule has 33 heavy (non-hydrogen) atoms. The molecular formula is C23H17BrN2O4S3. The second-order valence-corrected chi connectivity index (χ2v) is 10.2. The van der Waals surface area contributed by atoms with E-state index in [2.05, 4.69) is 21.4 Å². The highest BCUT2D eigenvalue weighted by Crippen LogP contribution is 2.39. The number of halogens is 1. The topological polar surface area (TPSA) is 67.9 Å². The molecule has 1 N–H and O–H groups in total. The molecule has 0 spiro atoms. The lowest BCUT2D eigenvalue weighted by atomic mass is 10.2. The van der Waals surface area contributed by atoms with Crippen molar-refractivity contribution in [3.8, 4) is 11.5 Å². The first kappa shape index (κ1) is 23.5. The lowest BCUT2D eigenvalue weighted by molar-refractivity contribution is -0.123. The van der Waals surface area contributed by atoms with E-state index in [9.17, 15) is 9.59 Å². The van der Waals surface area contributed by atoms with Crippen molar-refractivity contribution in [1.82, 2.24) is 10.4 Å². The van der Waals surface area contributed by atoms with Crippen molar-refractivity contribution in [2.24, 2.45) is 0 Å². The maximum atomic E-state index is 12.9. The third-order valence-corrected chi connectivity index (χ3v) is 7.29. The van der Waals surface area contributed by atoms with E-state index in [0.717, 1.165) is 27.9 Å². The molecule has 168 valence electrons. The van der Waals surface area contributed by atoms with Crippen molar-refractivity contribution in [2.45, 2.75) is 6.61 Å². The van der Waals surface area contributed by atoms with Crippen LogP contribution < -0.4 is 14.9 Å². The summed E-state index contributed by atoms with van der Waals surface area (Å²) in [7, 11) is 1.56. The number of carbonyl (C=O) groups excluding carboxylic acids is 2. The number of nitrogens with zero attached hydrogens (tertiary/aromatic N) is 1. The fourth-order valence-corrected chi connectivity index (χ4v) is 5.34. The number of thioether (sulfide) groups is 1. The Balaban J connectivity index is 1.52. The van der Waals surface area contributed by atoms with Crippen LogP contribution in [0.1, 0.15) is 20.8 Å². The van der Waals surface area contributed by atoms with Crippen LogP contribution in [0.15, 0.2) is 69.4 Å². The van der Waals surface area contributed by atoms with Gasteiger partial charge in [-0.25, -0.2) is 0 Å². The molecule has 1 fully saturated rings. The summed E-state index contributed by atoms with van der Waals surface area (Å²) >= 11 is 11.2. The van der Waals surface area contributed by atoms with Crippen LogP contribution >= 0.6 is 51.2 Å². The minimum atomic E-state index is -0.394. The average Bonchev–Trinajstić information content (AvgIpc) is 3.44. The van der Waals surface area contributed by atoms with Crippen molar-refractivity contribution in [3.63, 3.8) is 0 Å². The van der Waals surface area contributed by atoms with Crippen LogP contribution in [-0.2, 0) is 11.4 Å². The van der Waals surface area contributed by atoms with Crippen molar-refractivity contribution in [3.05, 3.63) is 85.4 Å². The molecule has 0 aliphatic carbocycles. The van der Waals surface area contributed by atoms with E-state index in [1.165, 1.54) is 11.3 Å². The molecule has 2 aromatic carbocycles. The minimum absolute atomic E-state index is 0.255. The number of carbonyl (C=O) groups is 2. The van der Waals surface area contributed by atoms with Gasteiger partial charge in [0.2, 0.25) is 0 Å². The first-order chi connectivity index (χ1) is 16.0. The lowest BCUT2D eigenvalue weighted by Crippen LogP contribution is -2.44. The fraction of sp³-hybridized carbons (Fsp3) is 0.0870. The van der Waals surface area contributed by atoms with Crippen molar-refractivity contribution in [2.75, 3.05) is 7.11 Å². The minimum Gasteiger partial charge on any atom is -0.493 e. The number of thiophene rings is 1. The molecule has 1 saturated heterocycles. The summed E-state index contributed by atoms with van der Waals surface area (Å²) in [5.41, 5.74) is 4.32. The molecular weight excluding hydrogens is 544 g/mol. The Bertz CT molecular complexity index is 1230. The summed E-state index contributed by atoms with van der Waals surface area (Å²) in [5.74, 6) is 0.309. The zero-order chi connectivity index (χ0) is 23.4. The standard InChI is InChI=1S/C23H17BrN2O4S3/c1-29-17-11-15(10-16(24)20(17)30-13-14-6-3-2-4-7-14)12-19-22(28)26(23(31)33-19)25-21(27)18-8-5-9-32-18/h2-12H,13H2,1H3,(H,25,27)/b19-12+. The van der Waals surface area contributed by atoms with E-state index in [-0.39, 0.29) is 10.2 Å². The summed E-state index contributed by atoms with van der Waals surface area (Å²) in [4.78, 5) is 26.1. The van der Waals surface area contributed by atoms with Gasteiger partial charge in [0.25, 0.3) is 11.8 Å². The summed E-state index contributed by atoms with van der Waals surface area (Å²) < 4.78 is 12.4. The normalized spacial score (nSPS) is 14.6. The molecule has 4 rings (SSSR count). The summed E-state index contributed by atoms with van der Waals surface area (Å²) in [5, 5.41) is 2.88. The van der Waals surface area contributed by atoms with Gasteiger partial charge in [-0.05, 0) is 68.9 Å². The third kappa shape index (κ3) is 5.47. The summed E-state index contributed by atoms with van der Waals surface area (Å²) in [6.07, 6.45) is 1.70. The SMILES string of the molecule is COc1cc(/C=C2/SC(=S)N(NC(=O)c3cccs3)C2=O)cc(Br)c1OCc1ccccc1. The Kier molecular flexibility index (Phi) is 7.49. The number of thiocarbonyl (C=S) groups is 1. The van der Waals surface area contributed by atoms with Gasteiger partial charge in [-0.15, -0.1) is 11.3 Å². The highest BCUT2D eigenvalue weighted by molar-refractivity contribution is 9.10. The van der Waals surface area contributed by atoms with E-state index in [1.807, 2.05) is 36.4 Å². The van der Waals surface area contributed by atoms with E-state index in [4.69, 9.17) is 21.7 Å². The number of nitrogens with one attached hydrogen (secondary N) is 1. The molecule has 0 atom stereocenters. The zero-order valence-electron chi connectivity index (χ0n) is 17.2.